The summed E-state index contributed by atoms with van der Waals surface area (Å²) in [5.41, 5.74) is 5.21. The summed E-state index contributed by atoms with van der Waals surface area (Å²) >= 11 is 0. The molecule has 0 spiro atoms. The molecule has 4 N–H and O–H groups in total. The third-order valence-electron chi connectivity index (χ3n) is 1.66. The molecule has 0 aliphatic heterocycles. The SMILES string of the molecule is CC(CCCN)NS(=O)(=O)NCC(F)(F)F. The first-order chi connectivity index (χ1) is 7.16. The minimum Gasteiger partial charge on any atom is -0.330 e. The zero-order chi connectivity index (χ0) is 12.8. The van der Waals surface area contributed by atoms with Gasteiger partial charge in [0.25, 0.3) is 10.2 Å². The van der Waals surface area contributed by atoms with Crippen LogP contribution < -0.4 is 15.2 Å². The van der Waals surface area contributed by atoms with Crippen molar-refractivity contribution in [3.8, 4) is 0 Å². The molecule has 0 amide bonds. The van der Waals surface area contributed by atoms with Crippen LogP contribution in [-0.2, 0) is 10.2 Å². The van der Waals surface area contributed by atoms with E-state index in [0.29, 0.717) is 19.4 Å². The lowest BCUT2D eigenvalue weighted by molar-refractivity contribution is -0.121. The predicted octanol–water partition coefficient (Wildman–Crippen LogP) is 0.100. The lowest BCUT2D eigenvalue weighted by atomic mass is 10.2. The molecule has 98 valence electrons. The van der Waals surface area contributed by atoms with Gasteiger partial charge in [-0.1, -0.05) is 0 Å². The third-order valence-corrected chi connectivity index (χ3v) is 2.90. The van der Waals surface area contributed by atoms with Crippen LogP contribution in [0.4, 0.5) is 13.2 Å². The Morgan fingerprint density at radius 3 is 2.38 bits per heavy atom. The van der Waals surface area contributed by atoms with E-state index in [1.165, 1.54) is 4.72 Å². The molecule has 0 aliphatic carbocycles. The quantitative estimate of drug-likeness (QED) is 0.609. The zero-order valence-corrected chi connectivity index (χ0v) is 9.66. The van der Waals surface area contributed by atoms with Crippen molar-refractivity contribution in [1.29, 1.82) is 0 Å². The molecule has 0 aromatic heterocycles. The van der Waals surface area contributed by atoms with Crippen LogP contribution in [0.5, 0.6) is 0 Å². The molecular weight excluding hydrogens is 247 g/mol. The number of hydrogen-bond acceptors (Lipinski definition) is 3. The van der Waals surface area contributed by atoms with E-state index in [0.717, 1.165) is 0 Å². The molecular formula is C7H16F3N3O2S. The van der Waals surface area contributed by atoms with Crippen LogP contribution in [0, 0.1) is 0 Å². The molecule has 1 atom stereocenters. The first kappa shape index (κ1) is 15.6. The topological polar surface area (TPSA) is 84.2 Å². The molecule has 0 saturated heterocycles. The van der Waals surface area contributed by atoms with Crippen LogP contribution in [0.2, 0.25) is 0 Å². The second kappa shape index (κ2) is 6.38. The van der Waals surface area contributed by atoms with Crippen LogP contribution in [-0.4, -0.2) is 33.7 Å². The van der Waals surface area contributed by atoms with Crippen molar-refractivity contribution in [3.63, 3.8) is 0 Å². The molecule has 0 heterocycles. The molecule has 16 heavy (non-hydrogen) atoms. The predicted molar refractivity (Wildman–Crippen MR) is 53.9 cm³/mol. The number of alkyl halides is 3. The highest BCUT2D eigenvalue weighted by molar-refractivity contribution is 7.87. The van der Waals surface area contributed by atoms with Crippen LogP contribution in [0.3, 0.4) is 0 Å². The Labute approximate surface area is 92.8 Å². The summed E-state index contributed by atoms with van der Waals surface area (Å²) in [6.07, 6.45) is -3.48. The van der Waals surface area contributed by atoms with Gasteiger partial charge in [0.15, 0.2) is 0 Å². The Bertz CT molecular complexity index is 292. The van der Waals surface area contributed by atoms with Crippen LogP contribution in [0.1, 0.15) is 19.8 Å². The molecule has 0 radical (unpaired) electrons. The normalized spacial score (nSPS) is 15.1. The van der Waals surface area contributed by atoms with E-state index in [2.05, 4.69) is 4.72 Å². The van der Waals surface area contributed by atoms with Crippen molar-refractivity contribution in [2.75, 3.05) is 13.1 Å². The summed E-state index contributed by atoms with van der Waals surface area (Å²) in [6, 6.07) is -0.450. The minimum absolute atomic E-state index is 0.405. The molecule has 0 bridgehead atoms. The van der Waals surface area contributed by atoms with Gasteiger partial charge in [-0.2, -0.15) is 31.0 Å². The standard InChI is InChI=1S/C7H16F3N3O2S/c1-6(3-2-4-11)13-16(14,15)12-5-7(8,9)10/h6,12-13H,2-5,11H2,1H3. The van der Waals surface area contributed by atoms with E-state index in [4.69, 9.17) is 5.73 Å². The Morgan fingerprint density at radius 1 is 1.38 bits per heavy atom. The van der Waals surface area contributed by atoms with Gasteiger partial charge < -0.3 is 5.73 Å². The largest absolute Gasteiger partial charge is 0.402 e. The molecule has 0 rings (SSSR count). The maximum Gasteiger partial charge on any atom is 0.402 e. The second-order valence-electron chi connectivity index (χ2n) is 3.39. The summed E-state index contributed by atoms with van der Waals surface area (Å²) < 4.78 is 60.9. The minimum atomic E-state index is -4.56. The van der Waals surface area contributed by atoms with E-state index in [-0.39, 0.29) is 0 Å². The summed E-state index contributed by atoms with van der Waals surface area (Å²) in [7, 11) is -4.11. The summed E-state index contributed by atoms with van der Waals surface area (Å²) in [5.74, 6) is 0. The van der Waals surface area contributed by atoms with Crippen molar-refractivity contribution in [2.45, 2.75) is 32.0 Å². The summed E-state index contributed by atoms with van der Waals surface area (Å²) in [4.78, 5) is 0. The van der Waals surface area contributed by atoms with Gasteiger partial charge in [-0.05, 0) is 26.3 Å². The number of nitrogens with two attached hydrogens (primary N) is 1. The van der Waals surface area contributed by atoms with Gasteiger partial charge in [0.2, 0.25) is 0 Å². The second-order valence-corrected chi connectivity index (χ2v) is 4.92. The van der Waals surface area contributed by atoms with E-state index in [1.807, 2.05) is 0 Å². The van der Waals surface area contributed by atoms with Gasteiger partial charge in [0.05, 0.1) is 0 Å². The number of halogens is 3. The highest BCUT2D eigenvalue weighted by Gasteiger charge is 2.29. The Morgan fingerprint density at radius 2 is 1.94 bits per heavy atom. The van der Waals surface area contributed by atoms with Crippen LogP contribution >= 0.6 is 0 Å². The molecule has 0 aromatic rings. The highest BCUT2D eigenvalue weighted by Crippen LogP contribution is 2.12. The first-order valence-corrected chi connectivity index (χ1v) is 6.18. The van der Waals surface area contributed by atoms with E-state index < -0.39 is 29.0 Å². The molecule has 0 aliphatic rings. The van der Waals surface area contributed by atoms with Gasteiger partial charge in [0, 0.05) is 6.04 Å². The average Bonchev–Trinajstić information content (AvgIpc) is 2.10. The van der Waals surface area contributed by atoms with Crippen molar-refractivity contribution in [2.24, 2.45) is 5.73 Å². The highest BCUT2D eigenvalue weighted by atomic mass is 32.2. The fourth-order valence-electron chi connectivity index (χ4n) is 0.966. The van der Waals surface area contributed by atoms with Gasteiger partial charge in [-0.15, -0.1) is 0 Å². The fraction of sp³-hybridized carbons (Fsp3) is 1.00. The average molecular weight is 263 g/mol. The maximum absolute atomic E-state index is 11.8. The van der Waals surface area contributed by atoms with Gasteiger partial charge in [0.1, 0.15) is 6.54 Å². The number of hydrogen-bond donors (Lipinski definition) is 3. The van der Waals surface area contributed by atoms with Crippen LogP contribution in [0.15, 0.2) is 0 Å². The maximum atomic E-state index is 11.8. The van der Waals surface area contributed by atoms with Gasteiger partial charge in [-0.25, -0.2) is 0 Å². The lowest BCUT2D eigenvalue weighted by Crippen LogP contribution is -2.44. The Balaban J connectivity index is 4.05. The number of nitrogens with one attached hydrogen (secondary N) is 2. The Hall–Kier alpha value is -0.380. The zero-order valence-electron chi connectivity index (χ0n) is 8.84. The lowest BCUT2D eigenvalue weighted by Gasteiger charge is -2.15. The smallest absolute Gasteiger partial charge is 0.330 e. The molecule has 9 heteroatoms. The number of rotatable bonds is 7. The first-order valence-electron chi connectivity index (χ1n) is 4.70. The summed E-state index contributed by atoms with van der Waals surface area (Å²) in [5, 5.41) is 0. The monoisotopic (exact) mass is 263 g/mol. The van der Waals surface area contributed by atoms with Crippen molar-refractivity contribution >= 4 is 10.2 Å². The molecule has 0 saturated carbocycles. The molecule has 0 aromatic carbocycles. The van der Waals surface area contributed by atoms with Crippen molar-refractivity contribution in [1.82, 2.24) is 9.44 Å². The van der Waals surface area contributed by atoms with E-state index in [1.54, 1.807) is 6.92 Å². The van der Waals surface area contributed by atoms with E-state index >= 15 is 0 Å². The molecule has 0 fully saturated rings. The van der Waals surface area contributed by atoms with Crippen LogP contribution in [0.25, 0.3) is 0 Å². The fourth-order valence-corrected chi connectivity index (χ4v) is 2.05. The van der Waals surface area contributed by atoms with E-state index in [9.17, 15) is 21.6 Å². The van der Waals surface area contributed by atoms with Gasteiger partial charge >= 0.3 is 6.18 Å². The van der Waals surface area contributed by atoms with Crippen molar-refractivity contribution in [3.05, 3.63) is 0 Å². The molecule has 5 nitrogen and oxygen atoms in total. The van der Waals surface area contributed by atoms with Crippen molar-refractivity contribution < 1.29 is 21.6 Å². The Kier molecular flexibility index (Phi) is 6.23. The van der Waals surface area contributed by atoms with Gasteiger partial charge in [-0.3, -0.25) is 0 Å². The summed E-state index contributed by atoms with van der Waals surface area (Å²) in [6.45, 7) is 0.385. The molecule has 1 unspecified atom stereocenters. The third kappa shape index (κ3) is 8.89.